The van der Waals surface area contributed by atoms with Crippen LogP contribution in [0.4, 0.5) is 0 Å². The highest BCUT2D eigenvalue weighted by Crippen LogP contribution is 2.34. The highest BCUT2D eigenvalue weighted by Gasteiger charge is 2.31. The molecule has 1 saturated carbocycles. The van der Waals surface area contributed by atoms with Crippen molar-refractivity contribution in [3.05, 3.63) is 35.2 Å². The molecule has 5 heteroatoms. The Morgan fingerprint density at radius 3 is 2.79 bits per heavy atom. The van der Waals surface area contributed by atoms with Gasteiger partial charge in [-0.25, -0.2) is 0 Å². The molecular formula is C14H16ClN3O. The summed E-state index contributed by atoms with van der Waals surface area (Å²) < 4.78 is 5.43. The lowest BCUT2D eigenvalue weighted by atomic mass is 10.0. The van der Waals surface area contributed by atoms with Gasteiger partial charge < -0.3 is 9.84 Å². The number of nitrogens with zero attached hydrogens (tertiary/aromatic N) is 2. The van der Waals surface area contributed by atoms with E-state index in [0.717, 1.165) is 17.9 Å². The van der Waals surface area contributed by atoms with Crippen molar-refractivity contribution in [2.24, 2.45) is 0 Å². The van der Waals surface area contributed by atoms with E-state index in [0.29, 0.717) is 22.8 Å². The molecule has 19 heavy (non-hydrogen) atoms. The predicted octanol–water partition coefficient (Wildman–Crippen LogP) is 3.25. The Morgan fingerprint density at radius 1 is 1.26 bits per heavy atom. The smallest absolute Gasteiger partial charge is 0.231 e. The Labute approximate surface area is 117 Å². The Morgan fingerprint density at radius 2 is 2.05 bits per heavy atom. The lowest BCUT2D eigenvalue weighted by molar-refractivity contribution is 0.335. The molecule has 1 fully saturated rings. The van der Waals surface area contributed by atoms with Gasteiger partial charge in [-0.1, -0.05) is 23.2 Å². The van der Waals surface area contributed by atoms with Gasteiger partial charge in [0.15, 0.2) is 0 Å². The molecule has 0 amide bonds. The maximum absolute atomic E-state index is 5.87. The van der Waals surface area contributed by atoms with Crippen LogP contribution in [0.25, 0.3) is 11.4 Å². The van der Waals surface area contributed by atoms with Crippen LogP contribution in [0, 0.1) is 0 Å². The van der Waals surface area contributed by atoms with Gasteiger partial charge >= 0.3 is 0 Å². The predicted molar refractivity (Wildman–Crippen MR) is 74.2 cm³/mol. The molecule has 1 aromatic heterocycles. The van der Waals surface area contributed by atoms with Crippen LogP contribution in [0.5, 0.6) is 0 Å². The fraction of sp³-hybridized carbons (Fsp3) is 0.429. The number of halogens is 1. The summed E-state index contributed by atoms with van der Waals surface area (Å²) in [5.74, 6) is 1.70. The molecule has 1 N–H and O–H groups in total. The summed E-state index contributed by atoms with van der Waals surface area (Å²) in [4.78, 5) is 4.53. The average Bonchev–Trinajstić information content (AvgIpc) is 3.07. The van der Waals surface area contributed by atoms with Gasteiger partial charge in [0.05, 0.1) is 5.92 Å². The van der Waals surface area contributed by atoms with Crippen molar-refractivity contribution in [2.45, 2.75) is 31.2 Å². The average molecular weight is 278 g/mol. The first-order chi connectivity index (χ1) is 9.28. The standard InChI is InChI=1S/C14H16ClN3O/c1-16-12-4-2-3-11(12)14-17-13(18-19-14)9-5-7-10(15)8-6-9/h5-8,11-12,16H,2-4H2,1H3. The second kappa shape index (κ2) is 5.31. The van der Waals surface area contributed by atoms with Gasteiger partial charge in [0.1, 0.15) is 0 Å². The zero-order chi connectivity index (χ0) is 13.2. The van der Waals surface area contributed by atoms with Crippen LogP contribution in [0.1, 0.15) is 31.1 Å². The van der Waals surface area contributed by atoms with Crippen molar-refractivity contribution >= 4 is 11.6 Å². The second-order valence-electron chi connectivity index (χ2n) is 4.90. The lowest BCUT2D eigenvalue weighted by Crippen LogP contribution is -2.27. The van der Waals surface area contributed by atoms with E-state index in [-0.39, 0.29) is 0 Å². The highest BCUT2D eigenvalue weighted by atomic mass is 35.5. The van der Waals surface area contributed by atoms with Crippen LogP contribution >= 0.6 is 11.6 Å². The van der Waals surface area contributed by atoms with Gasteiger partial charge in [0, 0.05) is 16.6 Å². The van der Waals surface area contributed by atoms with Crippen molar-refractivity contribution < 1.29 is 4.52 Å². The number of benzene rings is 1. The molecule has 0 saturated heterocycles. The van der Waals surface area contributed by atoms with Crippen LogP contribution < -0.4 is 5.32 Å². The Hall–Kier alpha value is -1.39. The van der Waals surface area contributed by atoms with E-state index in [2.05, 4.69) is 15.5 Å². The molecule has 0 aliphatic heterocycles. The minimum atomic E-state index is 0.332. The lowest BCUT2D eigenvalue weighted by Gasteiger charge is -2.14. The third kappa shape index (κ3) is 2.51. The molecule has 1 heterocycles. The van der Waals surface area contributed by atoms with Gasteiger partial charge in [-0.15, -0.1) is 0 Å². The molecular weight excluding hydrogens is 262 g/mol. The zero-order valence-electron chi connectivity index (χ0n) is 10.8. The van der Waals surface area contributed by atoms with E-state index in [4.69, 9.17) is 16.1 Å². The third-order valence-electron chi connectivity index (χ3n) is 3.75. The van der Waals surface area contributed by atoms with Gasteiger partial charge in [0.2, 0.25) is 11.7 Å². The topological polar surface area (TPSA) is 51.0 Å². The summed E-state index contributed by atoms with van der Waals surface area (Å²) in [5, 5.41) is 8.10. The summed E-state index contributed by atoms with van der Waals surface area (Å²) in [6, 6.07) is 7.92. The van der Waals surface area contributed by atoms with Crippen molar-refractivity contribution in [1.82, 2.24) is 15.5 Å². The molecule has 2 unspecified atom stereocenters. The fourth-order valence-electron chi connectivity index (χ4n) is 2.70. The number of aromatic nitrogens is 2. The minimum absolute atomic E-state index is 0.332. The second-order valence-corrected chi connectivity index (χ2v) is 5.33. The zero-order valence-corrected chi connectivity index (χ0v) is 11.5. The summed E-state index contributed by atoms with van der Waals surface area (Å²) in [6.07, 6.45) is 3.47. The first kappa shape index (κ1) is 12.6. The summed E-state index contributed by atoms with van der Waals surface area (Å²) in [7, 11) is 1.99. The highest BCUT2D eigenvalue weighted by molar-refractivity contribution is 6.30. The number of likely N-dealkylation sites (N-methyl/N-ethyl adjacent to an activating group) is 1. The molecule has 2 aromatic rings. The summed E-state index contributed by atoms with van der Waals surface area (Å²) in [6.45, 7) is 0. The normalized spacial score (nSPS) is 22.8. The van der Waals surface area contributed by atoms with Crippen LogP contribution in [0.15, 0.2) is 28.8 Å². The van der Waals surface area contributed by atoms with Gasteiger partial charge in [-0.3, -0.25) is 0 Å². The summed E-state index contributed by atoms with van der Waals surface area (Å²) >= 11 is 5.87. The van der Waals surface area contributed by atoms with E-state index >= 15 is 0 Å². The van der Waals surface area contributed by atoms with Crippen molar-refractivity contribution in [3.63, 3.8) is 0 Å². The van der Waals surface area contributed by atoms with Crippen LogP contribution in [0.3, 0.4) is 0 Å². The molecule has 1 aliphatic rings. The molecule has 100 valence electrons. The molecule has 1 aliphatic carbocycles. The van der Waals surface area contributed by atoms with Crippen LogP contribution in [0.2, 0.25) is 5.02 Å². The number of hydrogen-bond donors (Lipinski definition) is 1. The quantitative estimate of drug-likeness (QED) is 0.936. The van der Waals surface area contributed by atoms with Crippen molar-refractivity contribution in [2.75, 3.05) is 7.05 Å². The fourth-order valence-corrected chi connectivity index (χ4v) is 2.83. The minimum Gasteiger partial charge on any atom is -0.339 e. The van der Waals surface area contributed by atoms with E-state index in [1.54, 1.807) is 0 Å². The Balaban J connectivity index is 1.85. The molecule has 1 aromatic carbocycles. The van der Waals surface area contributed by atoms with Crippen LogP contribution in [-0.2, 0) is 0 Å². The third-order valence-corrected chi connectivity index (χ3v) is 4.00. The van der Waals surface area contributed by atoms with E-state index in [9.17, 15) is 0 Å². The van der Waals surface area contributed by atoms with E-state index in [1.807, 2.05) is 31.3 Å². The number of rotatable bonds is 3. The van der Waals surface area contributed by atoms with E-state index < -0.39 is 0 Å². The van der Waals surface area contributed by atoms with Gasteiger partial charge in [0.25, 0.3) is 0 Å². The van der Waals surface area contributed by atoms with Gasteiger partial charge in [-0.05, 0) is 44.2 Å². The largest absolute Gasteiger partial charge is 0.339 e. The first-order valence-corrected chi connectivity index (χ1v) is 6.92. The molecule has 0 spiro atoms. The molecule has 2 atom stereocenters. The van der Waals surface area contributed by atoms with E-state index in [1.165, 1.54) is 12.8 Å². The van der Waals surface area contributed by atoms with Crippen molar-refractivity contribution in [3.8, 4) is 11.4 Å². The number of hydrogen-bond acceptors (Lipinski definition) is 4. The summed E-state index contributed by atoms with van der Waals surface area (Å²) in [5.41, 5.74) is 0.929. The maximum Gasteiger partial charge on any atom is 0.231 e. The monoisotopic (exact) mass is 277 g/mol. The SMILES string of the molecule is CNC1CCCC1c1nc(-c2ccc(Cl)cc2)no1. The number of nitrogens with one attached hydrogen (secondary N) is 1. The molecule has 0 radical (unpaired) electrons. The Kier molecular flexibility index (Phi) is 3.53. The molecule has 0 bridgehead atoms. The molecule has 4 nitrogen and oxygen atoms in total. The Bertz CT molecular complexity index is 552. The van der Waals surface area contributed by atoms with Gasteiger partial charge in [-0.2, -0.15) is 4.98 Å². The van der Waals surface area contributed by atoms with Crippen molar-refractivity contribution in [1.29, 1.82) is 0 Å². The maximum atomic E-state index is 5.87. The van der Waals surface area contributed by atoms with Crippen LogP contribution in [-0.4, -0.2) is 23.2 Å². The first-order valence-electron chi connectivity index (χ1n) is 6.55. The molecule has 3 rings (SSSR count).